The zero-order valence-electron chi connectivity index (χ0n) is 10.8. The van der Waals surface area contributed by atoms with E-state index >= 15 is 0 Å². The smallest absolute Gasteiger partial charge is 0.266 e. The van der Waals surface area contributed by atoms with Gasteiger partial charge in [-0.05, 0) is 26.0 Å². The van der Waals surface area contributed by atoms with Gasteiger partial charge in [0.25, 0.3) is 10.0 Å². The largest absolute Gasteiger partial charge is 0.268 e. The van der Waals surface area contributed by atoms with Gasteiger partial charge in [-0.2, -0.15) is 5.10 Å². The molecule has 0 unspecified atom stereocenters. The van der Waals surface area contributed by atoms with Gasteiger partial charge in [0.1, 0.15) is 4.90 Å². The first-order valence-electron chi connectivity index (χ1n) is 5.83. The maximum atomic E-state index is 13.8. The van der Waals surface area contributed by atoms with E-state index in [1.807, 2.05) is 13.8 Å². The van der Waals surface area contributed by atoms with Crippen LogP contribution in [0.2, 0.25) is 5.02 Å². The highest BCUT2D eigenvalue weighted by Crippen LogP contribution is 2.23. The van der Waals surface area contributed by atoms with Crippen LogP contribution in [-0.4, -0.2) is 18.2 Å². The zero-order valence-corrected chi connectivity index (χ0v) is 12.4. The summed E-state index contributed by atoms with van der Waals surface area (Å²) < 4.78 is 41.8. The van der Waals surface area contributed by atoms with Gasteiger partial charge in [-0.25, -0.2) is 12.8 Å². The average Bonchev–Trinajstić information content (AvgIpc) is 2.80. The molecule has 0 amide bonds. The van der Waals surface area contributed by atoms with Crippen LogP contribution in [0.1, 0.15) is 19.9 Å². The van der Waals surface area contributed by atoms with Crippen molar-refractivity contribution in [3.05, 3.63) is 41.3 Å². The molecule has 0 fully saturated rings. The lowest BCUT2D eigenvalue weighted by molar-refractivity contribution is 0.534. The van der Waals surface area contributed by atoms with Crippen LogP contribution < -0.4 is 4.72 Å². The minimum Gasteiger partial charge on any atom is -0.268 e. The fraction of sp³-hybridized carbons (Fsp3) is 0.250. The first kappa shape index (κ1) is 14.8. The van der Waals surface area contributed by atoms with Crippen molar-refractivity contribution in [2.24, 2.45) is 0 Å². The highest BCUT2D eigenvalue weighted by molar-refractivity contribution is 7.92. The van der Waals surface area contributed by atoms with Crippen molar-refractivity contribution in [3.63, 3.8) is 0 Å². The monoisotopic (exact) mass is 317 g/mol. The summed E-state index contributed by atoms with van der Waals surface area (Å²) in [6.07, 6.45) is 1.64. The molecule has 108 valence electrons. The molecule has 0 aliphatic rings. The van der Waals surface area contributed by atoms with Gasteiger partial charge in [-0.1, -0.05) is 17.7 Å². The van der Waals surface area contributed by atoms with Gasteiger partial charge < -0.3 is 0 Å². The lowest BCUT2D eigenvalue weighted by atomic mass is 10.3. The number of aromatic nitrogens is 2. The molecule has 0 aliphatic carbocycles. The van der Waals surface area contributed by atoms with Gasteiger partial charge in [0, 0.05) is 18.3 Å². The number of nitrogens with one attached hydrogen (secondary N) is 1. The third-order valence-corrected chi connectivity index (χ3v) is 4.25. The lowest BCUT2D eigenvalue weighted by Gasteiger charge is -2.08. The van der Waals surface area contributed by atoms with Crippen LogP contribution in [0.4, 0.5) is 10.2 Å². The molecule has 0 atom stereocenters. The number of sulfonamides is 1. The second-order valence-electron chi connectivity index (χ2n) is 4.43. The Balaban J connectivity index is 2.33. The molecule has 2 rings (SSSR count). The number of halogens is 2. The van der Waals surface area contributed by atoms with E-state index in [1.165, 1.54) is 18.2 Å². The van der Waals surface area contributed by atoms with Crippen LogP contribution in [0, 0.1) is 5.82 Å². The molecule has 1 aromatic carbocycles. The predicted octanol–water partition coefficient (Wildman–Crippen LogP) is 3.06. The van der Waals surface area contributed by atoms with Gasteiger partial charge in [0.15, 0.2) is 11.6 Å². The van der Waals surface area contributed by atoms with E-state index in [4.69, 9.17) is 11.6 Å². The quantitative estimate of drug-likeness (QED) is 0.942. The molecule has 0 aliphatic heterocycles. The minimum absolute atomic E-state index is 0.0937. The first-order valence-corrected chi connectivity index (χ1v) is 7.69. The second kappa shape index (κ2) is 5.41. The van der Waals surface area contributed by atoms with E-state index in [0.717, 1.165) is 6.07 Å². The summed E-state index contributed by atoms with van der Waals surface area (Å²) in [5.74, 6) is -0.858. The predicted molar refractivity (Wildman–Crippen MR) is 74.8 cm³/mol. The molecular weight excluding hydrogens is 305 g/mol. The fourth-order valence-electron chi connectivity index (χ4n) is 1.56. The minimum atomic E-state index is -4.06. The first-order chi connectivity index (χ1) is 9.31. The Morgan fingerprint density at radius 1 is 1.35 bits per heavy atom. The van der Waals surface area contributed by atoms with Crippen molar-refractivity contribution in [2.75, 3.05) is 4.72 Å². The van der Waals surface area contributed by atoms with Crippen molar-refractivity contribution in [1.82, 2.24) is 9.78 Å². The maximum absolute atomic E-state index is 13.8. The molecule has 1 heterocycles. The fourth-order valence-corrected chi connectivity index (χ4v) is 2.89. The van der Waals surface area contributed by atoms with E-state index in [0.29, 0.717) is 0 Å². The van der Waals surface area contributed by atoms with Gasteiger partial charge in [-0.15, -0.1) is 0 Å². The highest BCUT2D eigenvalue weighted by atomic mass is 35.5. The average molecular weight is 318 g/mol. The normalized spacial score (nSPS) is 11.8. The van der Waals surface area contributed by atoms with Gasteiger partial charge in [-0.3, -0.25) is 9.40 Å². The Morgan fingerprint density at radius 2 is 2.05 bits per heavy atom. The lowest BCUT2D eigenvalue weighted by Crippen LogP contribution is -2.15. The summed E-state index contributed by atoms with van der Waals surface area (Å²) in [7, 11) is -4.06. The molecule has 0 bridgehead atoms. The van der Waals surface area contributed by atoms with E-state index in [-0.39, 0.29) is 16.9 Å². The van der Waals surface area contributed by atoms with Crippen molar-refractivity contribution < 1.29 is 12.8 Å². The van der Waals surface area contributed by atoms with E-state index in [2.05, 4.69) is 9.82 Å². The molecular formula is C12H13ClFN3O2S. The molecule has 0 radical (unpaired) electrons. The second-order valence-corrected chi connectivity index (χ2v) is 6.49. The van der Waals surface area contributed by atoms with Crippen molar-refractivity contribution in [1.29, 1.82) is 0 Å². The molecule has 0 saturated heterocycles. The topological polar surface area (TPSA) is 64.0 Å². The molecule has 0 spiro atoms. The number of benzene rings is 1. The summed E-state index contributed by atoms with van der Waals surface area (Å²) in [6, 6.07) is 5.38. The molecule has 2 aromatic rings. The van der Waals surface area contributed by atoms with Crippen LogP contribution >= 0.6 is 11.6 Å². The zero-order chi connectivity index (χ0) is 14.9. The summed E-state index contributed by atoms with van der Waals surface area (Å²) >= 11 is 5.58. The third kappa shape index (κ3) is 2.94. The Bertz CT molecular complexity index is 728. The Labute approximate surface area is 121 Å². The summed E-state index contributed by atoms with van der Waals surface area (Å²) in [6.45, 7) is 3.81. The molecule has 8 heteroatoms. The highest BCUT2D eigenvalue weighted by Gasteiger charge is 2.21. The number of anilines is 1. The maximum Gasteiger partial charge on any atom is 0.266 e. The standard InChI is InChI=1S/C12H13ClFN3O2S/c1-8(2)17-7-6-11(15-17)16-20(18,19)10-5-3-4-9(13)12(10)14/h3-8H,1-2H3,(H,15,16). The van der Waals surface area contributed by atoms with Crippen LogP contribution in [0.15, 0.2) is 35.4 Å². The third-order valence-electron chi connectivity index (χ3n) is 2.58. The van der Waals surface area contributed by atoms with Gasteiger partial charge >= 0.3 is 0 Å². The summed E-state index contributed by atoms with van der Waals surface area (Å²) in [5, 5.41) is 3.79. The number of rotatable bonds is 4. The summed E-state index contributed by atoms with van der Waals surface area (Å²) in [5.41, 5.74) is 0. The van der Waals surface area contributed by atoms with Crippen molar-refractivity contribution >= 4 is 27.4 Å². The SMILES string of the molecule is CC(C)n1ccc(NS(=O)(=O)c2cccc(Cl)c2F)n1. The van der Waals surface area contributed by atoms with Gasteiger partial charge in [0.05, 0.1) is 5.02 Å². The Kier molecular flexibility index (Phi) is 4.01. The molecule has 1 aromatic heterocycles. The Morgan fingerprint density at radius 3 is 2.65 bits per heavy atom. The molecule has 20 heavy (non-hydrogen) atoms. The van der Waals surface area contributed by atoms with Crippen molar-refractivity contribution in [3.8, 4) is 0 Å². The number of nitrogens with zero attached hydrogens (tertiary/aromatic N) is 2. The van der Waals surface area contributed by atoms with Crippen molar-refractivity contribution in [2.45, 2.75) is 24.8 Å². The summed E-state index contributed by atoms with van der Waals surface area (Å²) in [4.78, 5) is -0.510. The van der Waals surface area contributed by atoms with E-state index < -0.39 is 20.7 Å². The van der Waals surface area contributed by atoms with E-state index in [9.17, 15) is 12.8 Å². The van der Waals surface area contributed by atoms with Crippen LogP contribution in [-0.2, 0) is 10.0 Å². The van der Waals surface area contributed by atoms with E-state index in [1.54, 1.807) is 10.9 Å². The van der Waals surface area contributed by atoms with Gasteiger partial charge in [0.2, 0.25) is 0 Å². The number of hydrogen-bond donors (Lipinski definition) is 1. The van der Waals surface area contributed by atoms with Crippen LogP contribution in [0.5, 0.6) is 0 Å². The molecule has 1 N–H and O–H groups in total. The van der Waals surface area contributed by atoms with Crippen LogP contribution in [0.3, 0.4) is 0 Å². The Hall–Kier alpha value is -1.60. The molecule has 5 nitrogen and oxygen atoms in total. The number of hydrogen-bond acceptors (Lipinski definition) is 3. The molecule has 0 saturated carbocycles. The van der Waals surface area contributed by atoms with Crippen LogP contribution in [0.25, 0.3) is 0 Å².